The van der Waals surface area contributed by atoms with Crippen molar-refractivity contribution < 1.29 is 24.2 Å². The van der Waals surface area contributed by atoms with Crippen LogP contribution in [-0.4, -0.2) is 31.4 Å². The Balaban J connectivity index is 1.83. The Morgan fingerprint density at radius 2 is 1.79 bits per heavy atom. The second-order valence-corrected chi connectivity index (χ2v) is 7.12. The van der Waals surface area contributed by atoms with Crippen LogP contribution in [0.25, 0.3) is 0 Å². The zero-order chi connectivity index (χ0) is 20.7. The molecule has 1 aliphatic heterocycles. The summed E-state index contributed by atoms with van der Waals surface area (Å²) in [5, 5.41) is 25.1. The molecule has 0 saturated heterocycles. The SMILES string of the molecule is COc1cc(C2Nc3c(O)cc([N+](=O)[O-])cc3C3C=CCC32)cc(OC)c1OC. The largest absolute Gasteiger partial charge is 0.506 e. The van der Waals surface area contributed by atoms with Gasteiger partial charge in [0.1, 0.15) is 5.75 Å². The Bertz CT molecular complexity index is 978. The zero-order valence-corrected chi connectivity index (χ0v) is 16.3. The summed E-state index contributed by atoms with van der Waals surface area (Å²) >= 11 is 0. The first kappa shape index (κ1) is 18.9. The van der Waals surface area contributed by atoms with Gasteiger partial charge < -0.3 is 24.6 Å². The minimum atomic E-state index is -0.487. The van der Waals surface area contributed by atoms with Crippen molar-refractivity contribution >= 4 is 11.4 Å². The van der Waals surface area contributed by atoms with Crippen molar-refractivity contribution in [3.63, 3.8) is 0 Å². The van der Waals surface area contributed by atoms with Gasteiger partial charge in [0.15, 0.2) is 11.5 Å². The lowest BCUT2D eigenvalue weighted by atomic mass is 9.76. The molecule has 1 aliphatic carbocycles. The van der Waals surface area contributed by atoms with Gasteiger partial charge in [-0.2, -0.15) is 0 Å². The third-order valence-electron chi connectivity index (χ3n) is 5.69. The highest BCUT2D eigenvalue weighted by Crippen LogP contribution is 2.54. The number of anilines is 1. The summed E-state index contributed by atoms with van der Waals surface area (Å²) in [5.74, 6) is 1.56. The predicted molar refractivity (Wildman–Crippen MR) is 107 cm³/mol. The van der Waals surface area contributed by atoms with E-state index < -0.39 is 4.92 Å². The van der Waals surface area contributed by atoms with Crippen molar-refractivity contribution in [3.05, 3.63) is 57.7 Å². The van der Waals surface area contributed by atoms with Crippen molar-refractivity contribution in [2.75, 3.05) is 26.6 Å². The average molecular weight is 398 g/mol. The van der Waals surface area contributed by atoms with E-state index in [-0.39, 0.29) is 29.3 Å². The van der Waals surface area contributed by atoms with Gasteiger partial charge in [0.05, 0.1) is 44.0 Å². The number of rotatable bonds is 5. The molecule has 2 aliphatic rings. The minimum absolute atomic E-state index is 0.0406. The Morgan fingerprint density at radius 1 is 1.10 bits per heavy atom. The van der Waals surface area contributed by atoms with Crippen LogP contribution in [0.15, 0.2) is 36.4 Å². The highest BCUT2D eigenvalue weighted by Gasteiger charge is 2.40. The molecule has 1 heterocycles. The molecular weight excluding hydrogens is 376 g/mol. The highest BCUT2D eigenvalue weighted by atomic mass is 16.6. The molecule has 2 N–H and O–H groups in total. The zero-order valence-electron chi connectivity index (χ0n) is 16.3. The molecule has 0 radical (unpaired) electrons. The Morgan fingerprint density at radius 3 is 2.38 bits per heavy atom. The second-order valence-electron chi connectivity index (χ2n) is 7.12. The fourth-order valence-electron chi connectivity index (χ4n) is 4.38. The predicted octanol–water partition coefficient (Wildman–Crippen LogP) is 4.15. The van der Waals surface area contributed by atoms with E-state index in [0.717, 1.165) is 17.5 Å². The Kier molecular flexibility index (Phi) is 4.70. The summed E-state index contributed by atoms with van der Waals surface area (Å²) in [7, 11) is 4.68. The maximum atomic E-state index is 11.2. The molecule has 2 aromatic carbocycles. The van der Waals surface area contributed by atoms with E-state index in [9.17, 15) is 15.2 Å². The minimum Gasteiger partial charge on any atom is -0.506 e. The standard InChI is InChI=1S/C21H22N2O6/c1-27-17-7-11(8-18(28-2)21(17)29-3)19-14-6-4-5-13(14)15-9-12(23(25)26)10-16(24)20(15)22-19/h4-5,7-10,13-14,19,22,24H,6H2,1-3H3. The number of allylic oxidation sites excluding steroid dienone is 2. The molecule has 0 spiro atoms. The molecule has 3 unspecified atom stereocenters. The van der Waals surface area contributed by atoms with Crippen molar-refractivity contribution in [3.8, 4) is 23.0 Å². The van der Waals surface area contributed by atoms with Gasteiger partial charge in [0.25, 0.3) is 5.69 Å². The molecule has 8 heteroatoms. The number of non-ortho nitro benzene ring substituents is 1. The first-order chi connectivity index (χ1) is 14.0. The lowest BCUT2D eigenvalue weighted by molar-refractivity contribution is -0.385. The quantitative estimate of drug-likeness (QED) is 0.337. The molecule has 152 valence electrons. The fourth-order valence-corrected chi connectivity index (χ4v) is 4.38. The molecule has 4 rings (SSSR count). The maximum absolute atomic E-state index is 11.2. The Labute approximate surface area is 167 Å². The van der Waals surface area contributed by atoms with E-state index in [1.54, 1.807) is 27.4 Å². The monoisotopic (exact) mass is 398 g/mol. The van der Waals surface area contributed by atoms with Gasteiger partial charge in [0, 0.05) is 12.0 Å². The van der Waals surface area contributed by atoms with Crippen LogP contribution in [0.1, 0.15) is 29.5 Å². The van der Waals surface area contributed by atoms with Gasteiger partial charge in [-0.05, 0) is 35.6 Å². The van der Waals surface area contributed by atoms with Crippen molar-refractivity contribution in [2.24, 2.45) is 5.92 Å². The molecule has 0 fully saturated rings. The van der Waals surface area contributed by atoms with E-state index in [1.165, 1.54) is 6.07 Å². The molecule has 8 nitrogen and oxygen atoms in total. The number of ether oxygens (including phenoxy) is 3. The van der Waals surface area contributed by atoms with Gasteiger partial charge in [0.2, 0.25) is 5.75 Å². The van der Waals surface area contributed by atoms with Crippen LogP contribution >= 0.6 is 0 Å². The van der Waals surface area contributed by atoms with E-state index in [1.807, 2.05) is 12.1 Å². The second kappa shape index (κ2) is 7.20. The molecule has 3 atom stereocenters. The number of fused-ring (bicyclic) bond motifs is 3. The summed E-state index contributed by atoms with van der Waals surface area (Å²) in [6.45, 7) is 0. The molecule has 29 heavy (non-hydrogen) atoms. The van der Waals surface area contributed by atoms with Crippen molar-refractivity contribution in [1.29, 1.82) is 0 Å². The topological polar surface area (TPSA) is 103 Å². The normalized spacial score (nSPS) is 21.7. The van der Waals surface area contributed by atoms with Crippen LogP contribution in [-0.2, 0) is 0 Å². The molecule has 0 aromatic heterocycles. The number of nitrogens with zero attached hydrogens (tertiary/aromatic N) is 1. The number of nitro groups is 1. The number of methoxy groups -OCH3 is 3. The number of phenolic OH excluding ortho intramolecular Hbond substituents is 1. The average Bonchev–Trinajstić information content (AvgIpc) is 3.22. The van der Waals surface area contributed by atoms with Crippen molar-refractivity contribution in [2.45, 2.75) is 18.4 Å². The first-order valence-electron chi connectivity index (χ1n) is 9.22. The lowest BCUT2D eigenvalue weighted by Gasteiger charge is -2.37. The number of benzene rings is 2. The van der Waals surface area contributed by atoms with Gasteiger partial charge in [-0.1, -0.05) is 12.2 Å². The maximum Gasteiger partial charge on any atom is 0.273 e. The summed E-state index contributed by atoms with van der Waals surface area (Å²) in [6, 6.07) is 6.35. The number of nitro benzene ring substituents is 1. The van der Waals surface area contributed by atoms with Crippen LogP contribution in [0.4, 0.5) is 11.4 Å². The first-order valence-corrected chi connectivity index (χ1v) is 9.22. The van der Waals surface area contributed by atoms with Gasteiger partial charge >= 0.3 is 0 Å². The van der Waals surface area contributed by atoms with Gasteiger partial charge in [-0.15, -0.1) is 0 Å². The number of hydrogen-bond acceptors (Lipinski definition) is 7. The summed E-state index contributed by atoms with van der Waals surface area (Å²) in [5.41, 5.74) is 2.05. The number of hydrogen-bond donors (Lipinski definition) is 2. The van der Waals surface area contributed by atoms with E-state index in [0.29, 0.717) is 22.9 Å². The van der Waals surface area contributed by atoms with Crippen LogP contribution in [0.2, 0.25) is 0 Å². The van der Waals surface area contributed by atoms with Crippen molar-refractivity contribution in [1.82, 2.24) is 0 Å². The summed E-state index contributed by atoms with van der Waals surface area (Å²) < 4.78 is 16.4. The number of nitrogens with one attached hydrogen (secondary N) is 1. The van der Waals surface area contributed by atoms with Crippen LogP contribution in [0, 0.1) is 16.0 Å². The number of aromatic hydroxyl groups is 1. The Hall–Kier alpha value is -3.42. The van der Waals surface area contributed by atoms with Crippen LogP contribution < -0.4 is 19.5 Å². The van der Waals surface area contributed by atoms with E-state index >= 15 is 0 Å². The smallest absolute Gasteiger partial charge is 0.273 e. The third-order valence-corrected chi connectivity index (χ3v) is 5.69. The van der Waals surface area contributed by atoms with Gasteiger partial charge in [-0.25, -0.2) is 0 Å². The molecular formula is C21H22N2O6. The summed E-state index contributed by atoms with van der Waals surface area (Å²) in [4.78, 5) is 10.7. The fraction of sp³-hybridized carbons (Fsp3) is 0.333. The number of phenols is 1. The van der Waals surface area contributed by atoms with Crippen LogP contribution in [0.5, 0.6) is 23.0 Å². The third kappa shape index (κ3) is 3.00. The highest BCUT2D eigenvalue weighted by molar-refractivity contribution is 5.71. The lowest BCUT2D eigenvalue weighted by Crippen LogP contribution is -2.29. The van der Waals surface area contributed by atoms with Crippen LogP contribution in [0.3, 0.4) is 0 Å². The molecule has 0 bridgehead atoms. The van der Waals surface area contributed by atoms with Gasteiger partial charge in [-0.3, -0.25) is 10.1 Å². The van der Waals surface area contributed by atoms with E-state index in [2.05, 4.69) is 17.5 Å². The van der Waals surface area contributed by atoms with E-state index in [4.69, 9.17) is 14.2 Å². The molecule has 0 saturated carbocycles. The summed E-state index contributed by atoms with van der Waals surface area (Å²) in [6.07, 6.45) is 4.94. The molecule has 0 amide bonds. The molecule has 2 aromatic rings.